The van der Waals surface area contributed by atoms with Crippen LogP contribution in [-0.4, -0.2) is 0 Å². The second-order valence-electron chi connectivity index (χ2n) is 4.95. The van der Waals surface area contributed by atoms with E-state index in [-0.39, 0.29) is 24.3 Å². The van der Waals surface area contributed by atoms with Crippen LogP contribution in [0, 0.1) is 18.7 Å². The van der Waals surface area contributed by atoms with E-state index < -0.39 is 0 Å². The zero-order chi connectivity index (χ0) is 11.5. The van der Waals surface area contributed by atoms with Gasteiger partial charge in [0.15, 0.2) is 0 Å². The average Bonchev–Trinajstić information content (AvgIpc) is 2.29. The topological polar surface area (TPSA) is 26.0 Å². The van der Waals surface area contributed by atoms with Gasteiger partial charge in [0.1, 0.15) is 5.82 Å². The van der Waals surface area contributed by atoms with Crippen molar-refractivity contribution >= 4 is 12.4 Å². The third kappa shape index (κ3) is 3.43. The second-order valence-corrected chi connectivity index (χ2v) is 4.95. The molecular weight excluding hydrogens is 237 g/mol. The molecule has 2 N–H and O–H groups in total. The third-order valence-electron chi connectivity index (χ3n) is 3.67. The van der Waals surface area contributed by atoms with Gasteiger partial charge in [0, 0.05) is 11.6 Å². The number of nitrogens with two attached hydrogens (primary N) is 1. The Bertz CT molecular complexity index is 361. The summed E-state index contributed by atoms with van der Waals surface area (Å²) in [6.07, 6.45) is 6.08. The maximum atomic E-state index is 13.8. The fourth-order valence-corrected chi connectivity index (χ4v) is 2.65. The largest absolute Gasteiger partial charge is 0.324 e. The van der Waals surface area contributed by atoms with Crippen molar-refractivity contribution in [3.8, 4) is 0 Å². The molecule has 0 spiro atoms. The van der Waals surface area contributed by atoms with Crippen LogP contribution in [0.1, 0.15) is 49.3 Å². The summed E-state index contributed by atoms with van der Waals surface area (Å²) in [5, 5.41) is 0. The summed E-state index contributed by atoms with van der Waals surface area (Å²) in [6.45, 7) is 1.90. The molecule has 1 aliphatic carbocycles. The minimum atomic E-state index is -0.141. The van der Waals surface area contributed by atoms with Crippen LogP contribution in [0.2, 0.25) is 0 Å². The van der Waals surface area contributed by atoms with Crippen molar-refractivity contribution in [3.63, 3.8) is 0 Å². The quantitative estimate of drug-likeness (QED) is 0.847. The number of rotatable bonds is 2. The molecule has 1 atom stereocenters. The van der Waals surface area contributed by atoms with Crippen LogP contribution in [0.15, 0.2) is 18.2 Å². The maximum absolute atomic E-state index is 13.8. The van der Waals surface area contributed by atoms with E-state index >= 15 is 0 Å². The van der Waals surface area contributed by atoms with Crippen LogP contribution in [0.4, 0.5) is 4.39 Å². The van der Waals surface area contributed by atoms with Crippen molar-refractivity contribution in [1.29, 1.82) is 0 Å². The lowest BCUT2D eigenvalue weighted by Gasteiger charge is -2.28. The monoisotopic (exact) mass is 257 g/mol. The Morgan fingerprint density at radius 1 is 1.24 bits per heavy atom. The van der Waals surface area contributed by atoms with Crippen molar-refractivity contribution in [2.24, 2.45) is 11.7 Å². The molecule has 0 saturated heterocycles. The maximum Gasteiger partial charge on any atom is 0.128 e. The van der Waals surface area contributed by atoms with Gasteiger partial charge in [-0.15, -0.1) is 12.4 Å². The number of hydrogen-bond acceptors (Lipinski definition) is 1. The fraction of sp³-hybridized carbons (Fsp3) is 0.571. The van der Waals surface area contributed by atoms with E-state index in [9.17, 15) is 4.39 Å². The van der Waals surface area contributed by atoms with Crippen molar-refractivity contribution in [1.82, 2.24) is 0 Å². The molecule has 3 heteroatoms. The summed E-state index contributed by atoms with van der Waals surface area (Å²) in [7, 11) is 0. The van der Waals surface area contributed by atoms with Gasteiger partial charge in [-0.1, -0.05) is 31.4 Å². The summed E-state index contributed by atoms with van der Waals surface area (Å²) in [5.41, 5.74) is 7.83. The van der Waals surface area contributed by atoms with Crippen molar-refractivity contribution in [2.45, 2.75) is 45.1 Å². The van der Waals surface area contributed by atoms with Crippen molar-refractivity contribution < 1.29 is 4.39 Å². The molecule has 1 fully saturated rings. The molecule has 0 aliphatic heterocycles. The van der Waals surface area contributed by atoms with Gasteiger partial charge in [-0.05, 0) is 37.3 Å². The van der Waals surface area contributed by atoms with E-state index in [1.54, 1.807) is 6.07 Å². The molecular formula is C14H21ClFN. The molecule has 0 aromatic heterocycles. The Morgan fingerprint density at radius 3 is 2.47 bits per heavy atom. The fourth-order valence-electron chi connectivity index (χ4n) is 2.65. The molecule has 0 unspecified atom stereocenters. The average molecular weight is 258 g/mol. The first kappa shape index (κ1) is 14.5. The van der Waals surface area contributed by atoms with Gasteiger partial charge in [0.2, 0.25) is 0 Å². The Labute approximate surface area is 109 Å². The van der Waals surface area contributed by atoms with E-state index in [1.165, 1.54) is 19.3 Å². The zero-order valence-corrected chi connectivity index (χ0v) is 11.1. The minimum Gasteiger partial charge on any atom is -0.324 e. The standard InChI is InChI=1S/C14H20FN.ClH/c1-10-7-8-12(13(15)9-10)14(16)11-5-3-2-4-6-11;/h7-9,11,14H,2-6,16H2,1H3;1H/t14-;/m1./s1. The highest BCUT2D eigenvalue weighted by atomic mass is 35.5. The molecule has 1 aliphatic rings. The van der Waals surface area contributed by atoms with Crippen LogP contribution in [0.25, 0.3) is 0 Å². The zero-order valence-electron chi connectivity index (χ0n) is 10.3. The Kier molecular flexibility index (Phi) is 5.41. The SMILES string of the molecule is Cc1ccc([C@H](N)C2CCCCC2)c(F)c1.Cl. The van der Waals surface area contributed by atoms with E-state index in [1.807, 2.05) is 19.1 Å². The molecule has 1 saturated carbocycles. The molecule has 1 aromatic rings. The lowest BCUT2D eigenvalue weighted by molar-refractivity contribution is 0.303. The van der Waals surface area contributed by atoms with Gasteiger partial charge in [-0.3, -0.25) is 0 Å². The number of hydrogen-bond donors (Lipinski definition) is 1. The third-order valence-corrected chi connectivity index (χ3v) is 3.67. The van der Waals surface area contributed by atoms with E-state index in [2.05, 4.69) is 0 Å². The van der Waals surface area contributed by atoms with Crippen LogP contribution >= 0.6 is 12.4 Å². The summed E-state index contributed by atoms with van der Waals surface area (Å²) in [5.74, 6) is 0.323. The predicted octanol–water partition coefficient (Wildman–Crippen LogP) is 4.14. The molecule has 0 radical (unpaired) electrons. The first-order valence-electron chi connectivity index (χ1n) is 6.20. The molecule has 0 amide bonds. The summed E-state index contributed by atoms with van der Waals surface area (Å²) >= 11 is 0. The van der Waals surface area contributed by atoms with Crippen LogP contribution < -0.4 is 5.73 Å². The Morgan fingerprint density at radius 2 is 1.88 bits per heavy atom. The number of halogens is 2. The highest BCUT2D eigenvalue weighted by Crippen LogP contribution is 2.33. The molecule has 96 valence electrons. The molecule has 0 bridgehead atoms. The van der Waals surface area contributed by atoms with Gasteiger partial charge in [-0.25, -0.2) is 4.39 Å². The molecule has 2 rings (SSSR count). The molecule has 17 heavy (non-hydrogen) atoms. The smallest absolute Gasteiger partial charge is 0.128 e. The van der Waals surface area contributed by atoms with Crippen LogP contribution in [0.3, 0.4) is 0 Å². The summed E-state index contributed by atoms with van der Waals surface area (Å²) < 4.78 is 13.8. The van der Waals surface area contributed by atoms with Crippen LogP contribution in [-0.2, 0) is 0 Å². The predicted molar refractivity (Wildman–Crippen MR) is 71.9 cm³/mol. The molecule has 1 aromatic carbocycles. The van der Waals surface area contributed by atoms with Crippen molar-refractivity contribution in [3.05, 3.63) is 35.1 Å². The lowest BCUT2D eigenvalue weighted by atomic mass is 9.81. The number of aryl methyl sites for hydroxylation is 1. The van der Waals surface area contributed by atoms with Gasteiger partial charge >= 0.3 is 0 Å². The van der Waals surface area contributed by atoms with Gasteiger partial charge in [0.05, 0.1) is 0 Å². The van der Waals surface area contributed by atoms with E-state index in [4.69, 9.17) is 5.73 Å². The summed E-state index contributed by atoms with van der Waals surface area (Å²) in [6, 6.07) is 5.25. The Hall–Kier alpha value is -0.600. The normalized spacial score (nSPS) is 18.5. The summed E-state index contributed by atoms with van der Waals surface area (Å²) in [4.78, 5) is 0. The Balaban J connectivity index is 0.00000144. The van der Waals surface area contributed by atoms with Crippen LogP contribution in [0.5, 0.6) is 0 Å². The minimum absolute atomic E-state index is 0. The lowest BCUT2D eigenvalue weighted by Crippen LogP contribution is -2.24. The van der Waals surface area contributed by atoms with E-state index in [0.29, 0.717) is 11.5 Å². The highest BCUT2D eigenvalue weighted by Gasteiger charge is 2.23. The van der Waals surface area contributed by atoms with Gasteiger partial charge in [-0.2, -0.15) is 0 Å². The van der Waals surface area contributed by atoms with E-state index in [0.717, 1.165) is 18.4 Å². The van der Waals surface area contributed by atoms with Gasteiger partial charge in [0.25, 0.3) is 0 Å². The first-order chi connectivity index (χ1) is 7.68. The second kappa shape index (κ2) is 6.36. The highest BCUT2D eigenvalue weighted by molar-refractivity contribution is 5.85. The van der Waals surface area contributed by atoms with Crippen molar-refractivity contribution in [2.75, 3.05) is 0 Å². The van der Waals surface area contributed by atoms with Gasteiger partial charge < -0.3 is 5.73 Å². The number of benzene rings is 1. The first-order valence-corrected chi connectivity index (χ1v) is 6.20. The molecule has 0 heterocycles. The molecule has 1 nitrogen and oxygen atoms in total.